The van der Waals surface area contributed by atoms with E-state index in [1.165, 1.54) is 4.90 Å². The van der Waals surface area contributed by atoms with Crippen molar-refractivity contribution in [3.63, 3.8) is 0 Å². The van der Waals surface area contributed by atoms with Crippen molar-refractivity contribution in [2.24, 2.45) is 5.92 Å². The van der Waals surface area contributed by atoms with Crippen molar-refractivity contribution in [1.82, 2.24) is 10.2 Å². The number of aliphatic hydroxyl groups is 1. The number of alkyl halides is 3. The monoisotopic (exact) mass is 296 g/mol. The molecule has 0 spiro atoms. The molecule has 2 amide bonds. The molecule has 0 radical (unpaired) electrons. The first kappa shape index (κ1) is 16.7. The van der Waals surface area contributed by atoms with Crippen LogP contribution < -0.4 is 5.32 Å². The smallest absolute Gasteiger partial charge is 0.382 e. The summed E-state index contributed by atoms with van der Waals surface area (Å²) in [5, 5.41) is 10.9. The molecule has 1 rings (SSSR count). The lowest BCUT2D eigenvalue weighted by Gasteiger charge is -2.30. The highest BCUT2D eigenvalue weighted by Gasteiger charge is 2.40. The van der Waals surface area contributed by atoms with Gasteiger partial charge in [0, 0.05) is 13.0 Å². The van der Waals surface area contributed by atoms with Gasteiger partial charge >= 0.3 is 6.18 Å². The highest BCUT2D eigenvalue weighted by molar-refractivity contribution is 5.88. The van der Waals surface area contributed by atoms with Crippen molar-refractivity contribution in [3.8, 4) is 0 Å². The standard InChI is InChI=1S/C12H19F3N2O3/c1-7(2)10(17-5-3-4-9(17)19)11(20)16-6-8(18)12(13,14)15/h7-8,10,18H,3-6H2,1-2H3,(H,16,20)/t8-,10+/m0/s1. The third-order valence-corrected chi connectivity index (χ3v) is 3.19. The number of halogens is 3. The van der Waals surface area contributed by atoms with E-state index in [9.17, 15) is 22.8 Å². The molecule has 0 aromatic carbocycles. The van der Waals surface area contributed by atoms with Crippen LogP contribution in [0.15, 0.2) is 0 Å². The summed E-state index contributed by atoms with van der Waals surface area (Å²) >= 11 is 0. The van der Waals surface area contributed by atoms with E-state index in [-0.39, 0.29) is 11.8 Å². The molecule has 0 bridgehead atoms. The van der Waals surface area contributed by atoms with Crippen molar-refractivity contribution in [1.29, 1.82) is 0 Å². The van der Waals surface area contributed by atoms with Gasteiger partial charge in [-0.25, -0.2) is 0 Å². The maximum atomic E-state index is 12.2. The molecule has 0 aromatic heterocycles. The zero-order chi connectivity index (χ0) is 15.5. The van der Waals surface area contributed by atoms with Crippen LogP contribution in [0.1, 0.15) is 26.7 Å². The Hall–Kier alpha value is -1.31. The average molecular weight is 296 g/mol. The summed E-state index contributed by atoms with van der Waals surface area (Å²) in [6, 6.07) is -0.801. The maximum Gasteiger partial charge on any atom is 0.416 e. The number of likely N-dealkylation sites (tertiary alicyclic amines) is 1. The largest absolute Gasteiger partial charge is 0.416 e. The molecular formula is C12H19F3N2O3. The lowest BCUT2D eigenvalue weighted by Crippen LogP contribution is -2.52. The van der Waals surface area contributed by atoms with Crippen LogP contribution in [0.3, 0.4) is 0 Å². The molecule has 0 saturated carbocycles. The van der Waals surface area contributed by atoms with Gasteiger partial charge in [0.05, 0.1) is 6.54 Å². The van der Waals surface area contributed by atoms with Crippen molar-refractivity contribution < 1.29 is 27.9 Å². The summed E-state index contributed by atoms with van der Waals surface area (Å²) in [5.41, 5.74) is 0. The van der Waals surface area contributed by atoms with E-state index in [0.717, 1.165) is 0 Å². The number of carbonyl (C=O) groups is 2. The predicted molar refractivity (Wildman–Crippen MR) is 64.6 cm³/mol. The van der Waals surface area contributed by atoms with Crippen LogP contribution in [-0.2, 0) is 9.59 Å². The molecule has 0 aliphatic carbocycles. The summed E-state index contributed by atoms with van der Waals surface area (Å²) in [6.45, 7) is 2.95. The predicted octanol–water partition coefficient (Wildman–Crippen LogP) is 0.673. The Bertz CT molecular complexity index is 371. The fourth-order valence-corrected chi connectivity index (χ4v) is 2.18. The van der Waals surface area contributed by atoms with Crippen LogP contribution in [0.5, 0.6) is 0 Å². The van der Waals surface area contributed by atoms with Crippen LogP contribution in [0.25, 0.3) is 0 Å². The Morgan fingerprint density at radius 1 is 1.45 bits per heavy atom. The average Bonchev–Trinajstić information content (AvgIpc) is 2.71. The van der Waals surface area contributed by atoms with Crippen LogP contribution in [0, 0.1) is 5.92 Å². The van der Waals surface area contributed by atoms with E-state index in [1.54, 1.807) is 13.8 Å². The van der Waals surface area contributed by atoms with Gasteiger partial charge in [0.2, 0.25) is 11.8 Å². The van der Waals surface area contributed by atoms with Crippen molar-refractivity contribution in [3.05, 3.63) is 0 Å². The first-order chi connectivity index (χ1) is 9.14. The van der Waals surface area contributed by atoms with Crippen LogP contribution >= 0.6 is 0 Å². The summed E-state index contributed by atoms with van der Waals surface area (Å²) in [6.07, 6.45) is -6.39. The van der Waals surface area contributed by atoms with Gasteiger partial charge in [-0.15, -0.1) is 0 Å². The second-order valence-corrected chi connectivity index (χ2v) is 5.18. The molecule has 1 heterocycles. The summed E-state index contributed by atoms with van der Waals surface area (Å²) in [4.78, 5) is 25.0. The summed E-state index contributed by atoms with van der Waals surface area (Å²) in [7, 11) is 0. The Morgan fingerprint density at radius 3 is 2.45 bits per heavy atom. The molecule has 20 heavy (non-hydrogen) atoms. The molecule has 2 atom stereocenters. The van der Waals surface area contributed by atoms with Gasteiger partial charge in [-0.2, -0.15) is 13.2 Å². The summed E-state index contributed by atoms with van der Waals surface area (Å²) in [5.74, 6) is -1.06. The second-order valence-electron chi connectivity index (χ2n) is 5.18. The second kappa shape index (κ2) is 6.43. The number of amides is 2. The normalized spacial score (nSPS) is 19.4. The Balaban J connectivity index is 2.64. The van der Waals surface area contributed by atoms with Gasteiger partial charge in [0.1, 0.15) is 6.04 Å². The van der Waals surface area contributed by atoms with E-state index >= 15 is 0 Å². The molecular weight excluding hydrogens is 277 g/mol. The van der Waals surface area contributed by atoms with Gasteiger partial charge in [-0.1, -0.05) is 13.8 Å². The lowest BCUT2D eigenvalue weighted by molar-refractivity contribution is -0.202. The zero-order valence-corrected chi connectivity index (χ0v) is 11.4. The quantitative estimate of drug-likeness (QED) is 0.783. The number of carbonyl (C=O) groups excluding carboxylic acids is 2. The minimum absolute atomic E-state index is 0.171. The van der Waals surface area contributed by atoms with E-state index in [4.69, 9.17) is 5.11 Å². The van der Waals surface area contributed by atoms with Crippen LogP contribution in [0.2, 0.25) is 0 Å². The highest BCUT2D eigenvalue weighted by Crippen LogP contribution is 2.21. The van der Waals surface area contributed by atoms with Crippen LogP contribution in [0.4, 0.5) is 13.2 Å². The van der Waals surface area contributed by atoms with Gasteiger partial charge in [0.25, 0.3) is 0 Å². The zero-order valence-electron chi connectivity index (χ0n) is 11.4. The van der Waals surface area contributed by atoms with Gasteiger partial charge < -0.3 is 15.3 Å². The highest BCUT2D eigenvalue weighted by atomic mass is 19.4. The van der Waals surface area contributed by atoms with E-state index < -0.39 is 30.8 Å². The number of nitrogens with one attached hydrogen (secondary N) is 1. The number of aliphatic hydroxyl groups excluding tert-OH is 1. The fourth-order valence-electron chi connectivity index (χ4n) is 2.18. The summed E-state index contributed by atoms with van der Waals surface area (Å²) < 4.78 is 36.5. The number of hydrogen-bond acceptors (Lipinski definition) is 3. The molecule has 1 fully saturated rings. The molecule has 116 valence electrons. The molecule has 1 aliphatic heterocycles. The minimum atomic E-state index is -4.77. The Kier molecular flexibility index (Phi) is 5.38. The van der Waals surface area contributed by atoms with E-state index in [0.29, 0.717) is 19.4 Å². The van der Waals surface area contributed by atoms with E-state index in [1.807, 2.05) is 0 Å². The van der Waals surface area contributed by atoms with E-state index in [2.05, 4.69) is 5.32 Å². The molecule has 0 unspecified atom stereocenters. The molecule has 0 aromatic rings. The third kappa shape index (κ3) is 4.09. The first-order valence-electron chi connectivity index (χ1n) is 6.46. The van der Waals surface area contributed by atoms with Gasteiger partial charge in [-0.05, 0) is 12.3 Å². The number of nitrogens with zero attached hydrogens (tertiary/aromatic N) is 1. The van der Waals surface area contributed by atoms with Crippen molar-refractivity contribution >= 4 is 11.8 Å². The molecule has 5 nitrogen and oxygen atoms in total. The molecule has 2 N–H and O–H groups in total. The number of hydrogen-bond donors (Lipinski definition) is 2. The molecule has 1 aliphatic rings. The maximum absolute atomic E-state index is 12.2. The van der Waals surface area contributed by atoms with Crippen LogP contribution in [-0.4, -0.2) is 53.2 Å². The minimum Gasteiger partial charge on any atom is -0.382 e. The lowest BCUT2D eigenvalue weighted by atomic mass is 10.0. The fraction of sp³-hybridized carbons (Fsp3) is 0.833. The topological polar surface area (TPSA) is 69.6 Å². The van der Waals surface area contributed by atoms with Gasteiger partial charge in [-0.3, -0.25) is 9.59 Å². The SMILES string of the molecule is CC(C)[C@H](C(=O)NC[C@H](O)C(F)(F)F)N1CCCC1=O. The molecule has 8 heteroatoms. The third-order valence-electron chi connectivity index (χ3n) is 3.19. The van der Waals surface area contributed by atoms with Crippen molar-refractivity contribution in [2.75, 3.05) is 13.1 Å². The van der Waals surface area contributed by atoms with Gasteiger partial charge in [0.15, 0.2) is 6.10 Å². The Morgan fingerprint density at radius 2 is 2.05 bits per heavy atom. The Labute approximate surface area is 115 Å². The van der Waals surface area contributed by atoms with Crippen molar-refractivity contribution in [2.45, 2.75) is 45.0 Å². The molecule has 1 saturated heterocycles. The number of rotatable bonds is 5. The first-order valence-corrected chi connectivity index (χ1v) is 6.46.